The molecular formula is C16H19BrN2. The number of hydrogen-bond acceptors (Lipinski definition) is 2. The zero-order valence-electron chi connectivity index (χ0n) is 11.3. The topological polar surface area (TPSA) is 38.0 Å². The van der Waals surface area contributed by atoms with Crippen LogP contribution < -0.4 is 11.3 Å². The van der Waals surface area contributed by atoms with Crippen molar-refractivity contribution >= 4 is 15.9 Å². The minimum Gasteiger partial charge on any atom is -0.271 e. The molecule has 0 aromatic heterocycles. The third-order valence-electron chi connectivity index (χ3n) is 3.42. The van der Waals surface area contributed by atoms with Crippen LogP contribution in [0.2, 0.25) is 0 Å². The summed E-state index contributed by atoms with van der Waals surface area (Å²) in [6, 6.07) is 14.9. The highest BCUT2D eigenvalue weighted by atomic mass is 79.9. The standard InChI is InChI=1S/C16H19BrN2/c1-11-7-8-14(15(17)9-11)16(19-18)10-13-6-4-3-5-12(13)2/h3-9,16,19H,10,18H2,1-2H3. The third-order valence-corrected chi connectivity index (χ3v) is 4.10. The second-order valence-corrected chi connectivity index (χ2v) is 5.73. The van der Waals surface area contributed by atoms with Gasteiger partial charge in [-0.05, 0) is 48.6 Å². The quantitative estimate of drug-likeness (QED) is 0.664. The molecule has 0 aliphatic carbocycles. The van der Waals surface area contributed by atoms with Crippen molar-refractivity contribution in [2.24, 2.45) is 5.84 Å². The summed E-state index contributed by atoms with van der Waals surface area (Å²) in [5.41, 5.74) is 7.97. The van der Waals surface area contributed by atoms with Crippen molar-refractivity contribution in [1.29, 1.82) is 0 Å². The molecule has 0 aliphatic heterocycles. The molecule has 0 radical (unpaired) electrons. The molecule has 0 heterocycles. The first-order valence-corrected chi connectivity index (χ1v) is 7.18. The van der Waals surface area contributed by atoms with Crippen LogP contribution in [0.15, 0.2) is 46.9 Å². The van der Waals surface area contributed by atoms with Crippen LogP contribution >= 0.6 is 15.9 Å². The summed E-state index contributed by atoms with van der Waals surface area (Å²) >= 11 is 3.62. The number of hydrogen-bond donors (Lipinski definition) is 2. The van der Waals surface area contributed by atoms with E-state index in [9.17, 15) is 0 Å². The summed E-state index contributed by atoms with van der Waals surface area (Å²) in [4.78, 5) is 0. The van der Waals surface area contributed by atoms with E-state index in [1.807, 2.05) is 0 Å². The fourth-order valence-electron chi connectivity index (χ4n) is 2.23. The largest absolute Gasteiger partial charge is 0.271 e. The van der Waals surface area contributed by atoms with Crippen LogP contribution in [0.25, 0.3) is 0 Å². The van der Waals surface area contributed by atoms with Crippen molar-refractivity contribution in [1.82, 2.24) is 5.43 Å². The predicted molar refractivity (Wildman–Crippen MR) is 83.8 cm³/mol. The van der Waals surface area contributed by atoms with E-state index in [-0.39, 0.29) is 6.04 Å². The molecule has 1 atom stereocenters. The molecule has 0 spiro atoms. The molecule has 2 nitrogen and oxygen atoms in total. The number of benzene rings is 2. The molecule has 100 valence electrons. The van der Waals surface area contributed by atoms with Gasteiger partial charge in [-0.1, -0.05) is 52.3 Å². The van der Waals surface area contributed by atoms with Gasteiger partial charge in [0, 0.05) is 4.47 Å². The van der Waals surface area contributed by atoms with Crippen molar-refractivity contribution < 1.29 is 0 Å². The molecule has 0 aliphatic rings. The summed E-state index contributed by atoms with van der Waals surface area (Å²) in [6.45, 7) is 4.22. The number of halogens is 1. The number of nitrogens with one attached hydrogen (secondary N) is 1. The monoisotopic (exact) mass is 318 g/mol. The Kier molecular flexibility index (Phi) is 4.75. The first kappa shape index (κ1) is 14.3. The van der Waals surface area contributed by atoms with Crippen LogP contribution in [0.3, 0.4) is 0 Å². The zero-order valence-corrected chi connectivity index (χ0v) is 12.9. The summed E-state index contributed by atoms with van der Waals surface area (Å²) in [5, 5.41) is 0. The van der Waals surface area contributed by atoms with E-state index in [4.69, 9.17) is 5.84 Å². The Morgan fingerprint density at radius 1 is 1.16 bits per heavy atom. The van der Waals surface area contributed by atoms with Crippen molar-refractivity contribution in [3.63, 3.8) is 0 Å². The average molecular weight is 319 g/mol. The van der Waals surface area contributed by atoms with Crippen LogP contribution in [-0.2, 0) is 6.42 Å². The van der Waals surface area contributed by atoms with Crippen LogP contribution in [0.4, 0.5) is 0 Å². The normalized spacial score (nSPS) is 12.4. The first-order chi connectivity index (χ1) is 9.11. The van der Waals surface area contributed by atoms with Crippen molar-refractivity contribution in [2.75, 3.05) is 0 Å². The third kappa shape index (κ3) is 3.44. The summed E-state index contributed by atoms with van der Waals surface area (Å²) in [5.74, 6) is 5.74. The number of aryl methyl sites for hydroxylation is 2. The molecule has 3 heteroatoms. The maximum Gasteiger partial charge on any atom is 0.0511 e. The molecule has 2 aromatic rings. The summed E-state index contributed by atoms with van der Waals surface area (Å²) < 4.78 is 1.10. The van der Waals surface area contributed by atoms with E-state index >= 15 is 0 Å². The Morgan fingerprint density at radius 3 is 2.53 bits per heavy atom. The molecular weight excluding hydrogens is 300 g/mol. The highest BCUT2D eigenvalue weighted by Crippen LogP contribution is 2.27. The average Bonchev–Trinajstić information content (AvgIpc) is 2.39. The van der Waals surface area contributed by atoms with E-state index in [2.05, 4.69) is 77.7 Å². The molecule has 0 saturated heterocycles. The van der Waals surface area contributed by atoms with Gasteiger partial charge in [-0.2, -0.15) is 0 Å². The van der Waals surface area contributed by atoms with E-state index < -0.39 is 0 Å². The van der Waals surface area contributed by atoms with Crippen LogP contribution in [0, 0.1) is 13.8 Å². The molecule has 0 fully saturated rings. The second kappa shape index (κ2) is 6.33. The minimum absolute atomic E-state index is 0.107. The molecule has 0 saturated carbocycles. The second-order valence-electron chi connectivity index (χ2n) is 4.87. The molecule has 19 heavy (non-hydrogen) atoms. The number of hydrazine groups is 1. The lowest BCUT2D eigenvalue weighted by molar-refractivity contribution is 0.549. The van der Waals surface area contributed by atoms with Gasteiger partial charge in [-0.15, -0.1) is 0 Å². The minimum atomic E-state index is 0.107. The lowest BCUT2D eigenvalue weighted by Crippen LogP contribution is -2.30. The van der Waals surface area contributed by atoms with E-state index in [0.29, 0.717) is 0 Å². The van der Waals surface area contributed by atoms with Crippen LogP contribution in [0.1, 0.15) is 28.3 Å². The van der Waals surface area contributed by atoms with Crippen molar-refractivity contribution in [3.05, 3.63) is 69.2 Å². The smallest absolute Gasteiger partial charge is 0.0511 e. The van der Waals surface area contributed by atoms with Gasteiger partial charge in [-0.3, -0.25) is 11.3 Å². The molecule has 0 amide bonds. The molecule has 2 rings (SSSR count). The van der Waals surface area contributed by atoms with Crippen LogP contribution in [-0.4, -0.2) is 0 Å². The predicted octanol–water partition coefficient (Wildman–Crippen LogP) is 3.81. The number of nitrogens with two attached hydrogens (primary N) is 1. The number of rotatable bonds is 4. The zero-order chi connectivity index (χ0) is 13.8. The Balaban J connectivity index is 2.28. The van der Waals surface area contributed by atoms with Gasteiger partial charge in [0.2, 0.25) is 0 Å². The van der Waals surface area contributed by atoms with Crippen molar-refractivity contribution in [2.45, 2.75) is 26.3 Å². The fraction of sp³-hybridized carbons (Fsp3) is 0.250. The lowest BCUT2D eigenvalue weighted by Gasteiger charge is -2.19. The Labute approximate surface area is 123 Å². The first-order valence-electron chi connectivity index (χ1n) is 6.38. The highest BCUT2D eigenvalue weighted by Gasteiger charge is 2.14. The molecule has 2 aromatic carbocycles. The van der Waals surface area contributed by atoms with Crippen molar-refractivity contribution in [3.8, 4) is 0 Å². The van der Waals surface area contributed by atoms with E-state index in [1.54, 1.807) is 0 Å². The van der Waals surface area contributed by atoms with Gasteiger partial charge in [0.15, 0.2) is 0 Å². The Bertz CT molecular complexity index is 566. The van der Waals surface area contributed by atoms with E-state index in [1.165, 1.54) is 22.3 Å². The maximum absolute atomic E-state index is 5.74. The highest BCUT2D eigenvalue weighted by molar-refractivity contribution is 9.10. The summed E-state index contributed by atoms with van der Waals surface area (Å²) in [7, 11) is 0. The SMILES string of the molecule is Cc1ccc(C(Cc2ccccc2C)NN)c(Br)c1. The maximum atomic E-state index is 5.74. The van der Waals surface area contributed by atoms with E-state index in [0.717, 1.165) is 10.9 Å². The van der Waals surface area contributed by atoms with Crippen LogP contribution in [0.5, 0.6) is 0 Å². The van der Waals surface area contributed by atoms with Gasteiger partial charge < -0.3 is 0 Å². The van der Waals surface area contributed by atoms with Gasteiger partial charge >= 0.3 is 0 Å². The lowest BCUT2D eigenvalue weighted by atomic mass is 9.96. The molecule has 3 N–H and O–H groups in total. The fourth-order valence-corrected chi connectivity index (χ4v) is 3.00. The Hall–Kier alpha value is -1.16. The molecule has 1 unspecified atom stereocenters. The van der Waals surface area contributed by atoms with Gasteiger partial charge in [-0.25, -0.2) is 0 Å². The van der Waals surface area contributed by atoms with Gasteiger partial charge in [0.05, 0.1) is 6.04 Å². The van der Waals surface area contributed by atoms with Gasteiger partial charge in [0.1, 0.15) is 0 Å². The Morgan fingerprint density at radius 2 is 1.89 bits per heavy atom. The summed E-state index contributed by atoms with van der Waals surface area (Å²) in [6.07, 6.45) is 0.880. The van der Waals surface area contributed by atoms with Gasteiger partial charge in [0.25, 0.3) is 0 Å². The molecule has 0 bridgehead atoms.